The number of nitrogens with zero attached hydrogens (tertiary/aromatic N) is 7. The van der Waals surface area contributed by atoms with Gasteiger partial charge in [0.25, 0.3) is 5.91 Å². The molecule has 0 spiro atoms. The van der Waals surface area contributed by atoms with Crippen LogP contribution < -0.4 is 5.32 Å². The van der Waals surface area contributed by atoms with Crippen molar-refractivity contribution in [2.75, 3.05) is 0 Å². The molecule has 0 saturated heterocycles. The molecule has 0 atom stereocenters. The number of nitrogens with one attached hydrogen (secondary N) is 1. The molecule has 0 aliphatic carbocycles. The van der Waals surface area contributed by atoms with E-state index in [2.05, 4.69) is 36.0 Å². The van der Waals surface area contributed by atoms with Gasteiger partial charge in [-0.25, -0.2) is 0 Å². The lowest BCUT2D eigenvalue weighted by atomic mass is 10.0. The number of carbonyl (C=O) groups excluding carboxylic acids is 1. The van der Waals surface area contributed by atoms with Crippen LogP contribution in [0.5, 0.6) is 0 Å². The van der Waals surface area contributed by atoms with E-state index < -0.39 is 0 Å². The fourth-order valence-electron chi connectivity index (χ4n) is 3.60. The van der Waals surface area contributed by atoms with E-state index in [0.29, 0.717) is 35.2 Å². The Morgan fingerprint density at radius 2 is 1.91 bits per heavy atom. The molecule has 0 radical (unpaired) electrons. The quantitative estimate of drug-likeness (QED) is 0.386. The molecular weight excluding hydrogens is 444 g/mol. The molecule has 10 heteroatoms. The largest absolute Gasteiger partial charge is 0.343 e. The van der Waals surface area contributed by atoms with Gasteiger partial charge in [0.1, 0.15) is 0 Å². The van der Waals surface area contributed by atoms with Gasteiger partial charge in [0.2, 0.25) is 11.7 Å². The molecular formula is C25H22N8O2. The summed E-state index contributed by atoms with van der Waals surface area (Å²) in [6.07, 6.45) is 3.97. The smallest absolute Gasteiger partial charge is 0.251 e. The van der Waals surface area contributed by atoms with Crippen molar-refractivity contribution < 1.29 is 9.32 Å². The van der Waals surface area contributed by atoms with E-state index in [4.69, 9.17) is 4.52 Å². The summed E-state index contributed by atoms with van der Waals surface area (Å²) >= 11 is 0. The van der Waals surface area contributed by atoms with E-state index in [1.54, 1.807) is 29.2 Å². The molecule has 5 rings (SSSR count). The Labute approximate surface area is 201 Å². The van der Waals surface area contributed by atoms with Crippen LogP contribution in [0.25, 0.3) is 28.2 Å². The Hall–Kier alpha value is -4.73. The van der Waals surface area contributed by atoms with E-state index in [1.165, 1.54) is 0 Å². The van der Waals surface area contributed by atoms with Crippen LogP contribution in [0.2, 0.25) is 0 Å². The first-order valence-corrected chi connectivity index (χ1v) is 11.1. The van der Waals surface area contributed by atoms with Crippen molar-refractivity contribution in [3.8, 4) is 28.2 Å². The molecule has 0 saturated carbocycles. The Balaban J connectivity index is 1.42. The van der Waals surface area contributed by atoms with Crippen LogP contribution in [0.4, 0.5) is 0 Å². The van der Waals surface area contributed by atoms with Crippen LogP contribution in [0, 0.1) is 6.92 Å². The van der Waals surface area contributed by atoms with Gasteiger partial charge in [0, 0.05) is 29.9 Å². The monoisotopic (exact) mass is 466 g/mol. The zero-order valence-electron chi connectivity index (χ0n) is 19.2. The van der Waals surface area contributed by atoms with Crippen LogP contribution in [-0.2, 0) is 13.0 Å². The lowest BCUT2D eigenvalue weighted by molar-refractivity contribution is 0.0946. The first-order chi connectivity index (χ1) is 17.1. The van der Waals surface area contributed by atoms with E-state index in [-0.39, 0.29) is 12.5 Å². The van der Waals surface area contributed by atoms with Gasteiger partial charge in [-0.05, 0) is 58.8 Å². The molecule has 0 aliphatic heterocycles. The molecule has 5 aromatic rings. The third kappa shape index (κ3) is 4.81. The summed E-state index contributed by atoms with van der Waals surface area (Å²) in [5.41, 5.74) is 4.91. The molecule has 3 heterocycles. The zero-order chi connectivity index (χ0) is 24.2. The highest BCUT2D eigenvalue weighted by molar-refractivity contribution is 5.96. The van der Waals surface area contributed by atoms with Gasteiger partial charge in [0.05, 0.1) is 12.2 Å². The number of rotatable bonds is 7. The molecule has 2 aromatic carbocycles. The first-order valence-electron chi connectivity index (χ1n) is 11.1. The number of benzene rings is 2. The Kier molecular flexibility index (Phi) is 6.08. The molecule has 0 aliphatic rings. The molecule has 174 valence electrons. The van der Waals surface area contributed by atoms with Gasteiger partial charge in [-0.3, -0.25) is 9.78 Å². The lowest BCUT2D eigenvalue weighted by Gasteiger charge is -2.11. The Morgan fingerprint density at radius 3 is 2.69 bits per heavy atom. The molecule has 10 nitrogen and oxygen atoms in total. The maximum atomic E-state index is 13.1. The van der Waals surface area contributed by atoms with Crippen molar-refractivity contribution in [1.82, 2.24) is 40.6 Å². The number of aromatic nitrogens is 7. The molecule has 1 N–H and O–H groups in total. The molecule has 0 fully saturated rings. The summed E-state index contributed by atoms with van der Waals surface area (Å²) in [4.78, 5) is 21.5. The van der Waals surface area contributed by atoms with Gasteiger partial charge < -0.3 is 9.84 Å². The summed E-state index contributed by atoms with van der Waals surface area (Å²) < 4.78 is 6.93. The fourth-order valence-corrected chi connectivity index (χ4v) is 3.60. The minimum absolute atomic E-state index is 0.0846. The van der Waals surface area contributed by atoms with Crippen molar-refractivity contribution in [2.24, 2.45) is 0 Å². The van der Waals surface area contributed by atoms with E-state index >= 15 is 0 Å². The zero-order valence-corrected chi connectivity index (χ0v) is 19.2. The number of hydrogen-bond acceptors (Lipinski definition) is 8. The maximum Gasteiger partial charge on any atom is 0.251 e. The molecule has 3 aromatic heterocycles. The van der Waals surface area contributed by atoms with Crippen molar-refractivity contribution in [1.29, 1.82) is 0 Å². The molecule has 35 heavy (non-hydrogen) atoms. The summed E-state index contributed by atoms with van der Waals surface area (Å²) in [5, 5.41) is 18.8. The van der Waals surface area contributed by atoms with Crippen LogP contribution in [0.1, 0.15) is 34.6 Å². The Morgan fingerprint density at radius 1 is 1.06 bits per heavy atom. The fraction of sp³-hybridized carbons (Fsp3) is 0.160. The topological polar surface area (TPSA) is 125 Å². The van der Waals surface area contributed by atoms with E-state index in [0.717, 1.165) is 22.3 Å². The SMILES string of the molecule is CCc1nnnn1-c1cc(C(=O)NCc2nc(-c3cccnc3)no2)cc(-c2ccc(C)cc2)c1. The summed E-state index contributed by atoms with van der Waals surface area (Å²) in [7, 11) is 0. The van der Waals surface area contributed by atoms with Crippen molar-refractivity contribution in [3.05, 3.63) is 89.8 Å². The van der Waals surface area contributed by atoms with Crippen LogP contribution >= 0.6 is 0 Å². The van der Waals surface area contributed by atoms with Crippen molar-refractivity contribution in [2.45, 2.75) is 26.8 Å². The Bertz CT molecular complexity index is 1460. The highest BCUT2D eigenvalue weighted by Crippen LogP contribution is 2.25. The first kappa shape index (κ1) is 22.1. The number of tetrazole rings is 1. The van der Waals surface area contributed by atoms with Crippen LogP contribution in [0.3, 0.4) is 0 Å². The summed E-state index contributed by atoms with van der Waals surface area (Å²) in [6.45, 7) is 4.09. The third-order valence-corrected chi connectivity index (χ3v) is 5.45. The van der Waals surface area contributed by atoms with Gasteiger partial charge in [-0.15, -0.1) is 5.10 Å². The number of carbonyl (C=O) groups is 1. The summed E-state index contributed by atoms with van der Waals surface area (Å²) in [5.74, 6) is 1.12. The summed E-state index contributed by atoms with van der Waals surface area (Å²) in [6, 6.07) is 17.3. The molecule has 0 bridgehead atoms. The second-order valence-corrected chi connectivity index (χ2v) is 7.93. The van der Waals surface area contributed by atoms with E-state index in [1.807, 2.05) is 56.3 Å². The minimum Gasteiger partial charge on any atom is -0.343 e. The van der Waals surface area contributed by atoms with Crippen LogP contribution in [0.15, 0.2) is 71.5 Å². The third-order valence-electron chi connectivity index (χ3n) is 5.45. The average molecular weight is 467 g/mol. The standard InChI is InChI=1S/C25H22N8O2/c1-3-22-29-31-32-33(22)21-12-19(17-8-6-16(2)7-9-17)11-20(13-21)25(34)27-15-23-28-24(30-35-23)18-5-4-10-26-14-18/h4-14H,3,15H2,1-2H3,(H,27,34). The molecule has 1 amide bonds. The van der Waals surface area contributed by atoms with Crippen molar-refractivity contribution >= 4 is 5.91 Å². The minimum atomic E-state index is -0.285. The number of amides is 1. The number of aryl methyl sites for hydroxylation is 2. The predicted octanol–water partition coefficient (Wildman–Crippen LogP) is 3.58. The highest BCUT2D eigenvalue weighted by atomic mass is 16.5. The van der Waals surface area contributed by atoms with Crippen LogP contribution in [-0.4, -0.2) is 41.2 Å². The van der Waals surface area contributed by atoms with E-state index in [9.17, 15) is 4.79 Å². The van der Waals surface area contributed by atoms with Gasteiger partial charge >= 0.3 is 0 Å². The van der Waals surface area contributed by atoms with Gasteiger partial charge in [-0.1, -0.05) is 41.9 Å². The van der Waals surface area contributed by atoms with Gasteiger partial charge in [0.15, 0.2) is 5.82 Å². The predicted molar refractivity (Wildman–Crippen MR) is 127 cm³/mol. The number of hydrogen-bond donors (Lipinski definition) is 1. The highest BCUT2D eigenvalue weighted by Gasteiger charge is 2.15. The lowest BCUT2D eigenvalue weighted by Crippen LogP contribution is -2.23. The van der Waals surface area contributed by atoms with Crippen molar-refractivity contribution in [3.63, 3.8) is 0 Å². The second kappa shape index (κ2) is 9.64. The average Bonchev–Trinajstić information content (AvgIpc) is 3.58. The number of pyridine rings is 1. The normalized spacial score (nSPS) is 10.9. The van der Waals surface area contributed by atoms with Gasteiger partial charge in [-0.2, -0.15) is 9.67 Å². The molecule has 0 unspecified atom stereocenters. The second-order valence-electron chi connectivity index (χ2n) is 7.93. The maximum absolute atomic E-state index is 13.1.